The van der Waals surface area contributed by atoms with Crippen molar-refractivity contribution in [2.24, 2.45) is 0 Å². The molecule has 92 valence electrons. The number of hydrogen-bond donors (Lipinski definition) is 1. The van der Waals surface area contributed by atoms with Gasteiger partial charge in [0, 0.05) is 5.69 Å². The zero-order chi connectivity index (χ0) is 12.7. The van der Waals surface area contributed by atoms with Gasteiger partial charge in [0.05, 0.1) is 12.2 Å². The second-order valence-electron chi connectivity index (χ2n) is 3.47. The molecule has 0 spiro atoms. The summed E-state index contributed by atoms with van der Waals surface area (Å²) < 4.78 is 9.17. The molecule has 0 bridgehead atoms. The maximum atomic E-state index is 11.5. The van der Waals surface area contributed by atoms with Crippen LogP contribution in [-0.4, -0.2) is 18.7 Å². The first-order chi connectivity index (χ1) is 8.13. The van der Waals surface area contributed by atoms with E-state index in [4.69, 9.17) is 10.5 Å². The number of rotatable bonds is 4. The SMILES string of the molecule is CCCCOC(=O)OC(=O)c1cccc(N)c1. The smallest absolute Gasteiger partial charge is 0.434 e. The number of nitrogens with two attached hydrogens (primary N) is 1. The highest BCUT2D eigenvalue weighted by Crippen LogP contribution is 2.08. The molecule has 0 heterocycles. The molecule has 1 rings (SSSR count). The van der Waals surface area contributed by atoms with Crippen LogP contribution in [0.3, 0.4) is 0 Å². The van der Waals surface area contributed by atoms with Gasteiger partial charge in [0.2, 0.25) is 0 Å². The molecule has 1 aromatic rings. The number of hydrogen-bond acceptors (Lipinski definition) is 5. The zero-order valence-electron chi connectivity index (χ0n) is 9.64. The van der Waals surface area contributed by atoms with Gasteiger partial charge in [0.15, 0.2) is 0 Å². The topological polar surface area (TPSA) is 78.6 Å². The maximum absolute atomic E-state index is 11.5. The predicted octanol–water partition coefficient (Wildman–Crippen LogP) is 2.36. The maximum Gasteiger partial charge on any atom is 0.516 e. The average Bonchev–Trinajstić information content (AvgIpc) is 2.29. The van der Waals surface area contributed by atoms with Gasteiger partial charge < -0.3 is 15.2 Å². The number of unbranched alkanes of at least 4 members (excludes halogenated alkanes) is 1. The molecule has 0 fully saturated rings. The molecular weight excluding hydrogens is 222 g/mol. The Morgan fingerprint density at radius 2 is 2.12 bits per heavy atom. The largest absolute Gasteiger partial charge is 0.516 e. The fourth-order valence-corrected chi connectivity index (χ4v) is 1.13. The number of esters is 1. The summed E-state index contributed by atoms with van der Waals surface area (Å²) >= 11 is 0. The lowest BCUT2D eigenvalue weighted by Gasteiger charge is -2.04. The van der Waals surface area contributed by atoms with Crippen molar-refractivity contribution in [1.29, 1.82) is 0 Å². The summed E-state index contributed by atoms with van der Waals surface area (Å²) in [5.41, 5.74) is 6.15. The predicted molar refractivity (Wildman–Crippen MR) is 62.5 cm³/mol. The average molecular weight is 237 g/mol. The van der Waals surface area contributed by atoms with E-state index < -0.39 is 12.1 Å². The number of carbonyl (C=O) groups excluding carboxylic acids is 2. The van der Waals surface area contributed by atoms with Gasteiger partial charge in [0.1, 0.15) is 0 Å². The van der Waals surface area contributed by atoms with Gasteiger partial charge in [0.25, 0.3) is 0 Å². The van der Waals surface area contributed by atoms with Crippen LogP contribution in [0.2, 0.25) is 0 Å². The molecule has 0 aromatic heterocycles. The van der Waals surface area contributed by atoms with Gasteiger partial charge in [-0.05, 0) is 24.6 Å². The quantitative estimate of drug-likeness (QED) is 0.376. The van der Waals surface area contributed by atoms with Crippen LogP contribution in [0.1, 0.15) is 30.1 Å². The van der Waals surface area contributed by atoms with Crippen molar-refractivity contribution in [1.82, 2.24) is 0 Å². The molecule has 0 atom stereocenters. The lowest BCUT2D eigenvalue weighted by atomic mass is 10.2. The minimum absolute atomic E-state index is 0.220. The molecule has 0 radical (unpaired) electrons. The van der Waals surface area contributed by atoms with E-state index in [2.05, 4.69) is 4.74 Å². The van der Waals surface area contributed by atoms with E-state index >= 15 is 0 Å². The minimum Gasteiger partial charge on any atom is -0.434 e. The Morgan fingerprint density at radius 1 is 1.35 bits per heavy atom. The van der Waals surface area contributed by atoms with Crippen LogP contribution in [0.25, 0.3) is 0 Å². The summed E-state index contributed by atoms with van der Waals surface area (Å²) in [6.45, 7) is 2.21. The van der Waals surface area contributed by atoms with E-state index in [1.54, 1.807) is 12.1 Å². The van der Waals surface area contributed by atoms with Crippen LogP contribution >= 0.6 is 0 Å². The highest BCUT2D eigenvalue weighted by molar-refractivity contribution is 5.95. The fraction of sp³-hybridized carbons (Fsp3) is 0.333. The lowest BCUT2D eigenvalue weighted by Crippen LogP contribution is -2.14. The molecule has 0 unspecified atom stereocenters. The van der Waals surface area contributed by atoms with E-state index in [-0.39, 0.29) is 12.2 Å². The third kappa shape index (κ3) is 4.55. The van der Waals surface area contributed by atoms with E-state index in [1.807, 2.05) is 6.92 Å². The zero-order valence-corrected chi connectivity index (χ0v) is 9.64. The third-order valence-electron chi connectivity index (χ3n) is 2.02. The molecule has 0 aliphatic rings. The van der Waals surface area contributed by atoms with E-state index in [0.29, 0.717) is 5.69 Å². The third-order valence-corrected chi connectivity index (χ3v) is 2.02. The standard InChI is InChI=1S/C12H15NO4/c1-2-3-7-16-12(15)17-11(14)9-5-4-6-10(13)8-9/h4-6,8H,2-3,7,13H2,1H3. The van der Waals surface area contributed by atoms with Crippen LogP contribution < -0.4 is 5.73 Å². The molecule has 0 saturated carbocycles. The number of ether oxygens (including phenoxy) is 2. The molecule has 0 saturated heterocycles. The van der Waals surface area contributed by atoms with E-state index in [1.165, 1.54) is 12.1 Å². The van der Waals surface area contributed by atoms with E-state index in [0.717, 1.165) is 12.8 Å². The Morgan fingerprint density at radius 3 is 2.76 bits per heavy atom. The Balaban J connectivity index is 2.46. The normalized spacial score (nSPS) is 9.71. The first-order valence-corrected chi connectivity index (χ1v) is 5.38. The van der Waals surface area contributed by atoms with Gasteiger partial charge in [-0.3, -0.25) is 0 Å². The number of nitrogen functional groups attached to an aromatic ring is 1. The molecule has 5 nitrogen and oxygen atoms in total. The first-order valence-electron chi connectivity index (χ1n) is 5.38. The van der Waals surface area contributed by atoms with Crippen molar-refractivity contribution in [3.8, 4) is 0 Å². The van der Waals surface area contributed by atoms with Gasteiger partial charge in [-0.25, -0.2) is 9.59 Å². The molecule has 0 aliphatic heterocycles. The van der Waals surface area contributed by atoms with Gasteiger partial charge in [-0.1, -0.05) is 19.4 Å². The Labute approximate surface area is 99.5 Å². The monoisotopic (exact) mass is 237 g/mol. The van der Waals surface area contributed by atoms with Crippen LogP contribution in [-0.2, 0) is 9.47 Å². The second kappa shape index (κ2) is 6.52. The molecule has 0 amide bonds. The summed E-state index contributed by atoms with van der Waals surface area (Å²) in [7, 11) is 0. The Kier molecular flexibility index (Phi) is 5.00. The minimum atomic E-state index is -0.981. The van der Waals surface area contributed by atoms with Crippen LogP contribution in [0.4, 0.5) is 10.5 Å². The van der Waals surface area contributed by atoms with Crippen molar-refractivity contribution < 1.29 is 19.1 Å². The highest BCUT2D eigenvalue weighted by atomic mass is 16.7. The molecule has 5 heteroatoms. The number of anilines is 1. The van der Waals surface area contributed by atoms with Gasteiger partial charge >= 0.3 is 12.1 Å². The highest BCUT2D eigenvalue weighted by Gasteiger charge is 2.13. The Bertz CT molecular complexity index is 403. The summed E-state index contributed by atoms with van der Waals surface area (Å²) in [6, 6.07) is 6.18. The summed E-state index contributed by atoms with van der Waals surface area (Å²) in [6.07, 6.45) is 0.656. The molecular formula is C12H15NO4. The number of carbonyl (C=O) groups is 2. The lowest BCUT2D eigenvalue weighted by molar-refractivity contribution is 0.0382. The number of benzene rings is 1. The van der Waals surface area contributed by atoms with Gasteiger partial charge in [-0.15, -0.1) is 0 Å². The second-order valence-corrected chi connectivity index (χ2v) is 3.47. The van der Waals surface area contributed by atoms with Crippen molar-refractivity contribution in [3.05, 3.63) is 29.8 Å². The Hall–Kier alpha value is -2.04. The van der Waals surface area contributed by atoms with Crippen molar-refractivity contribution >= 4 is 17.8 Å². The van der Waals surface area contributed by atoms with Crippen LogP contribution in [0.5, 0.6) is 0 Å². The molecule has 2 N–H and O–H groups in total. The van der Waals surface area contributed by atoms with Gasteiger partial charge in [-0.2, -0.15) is 0 Å². The molecule has 0 aliphatic carbocycles. The first kappa shape index (κ1) is 13.0. The summed E-state index contributed by atoms with van der Waals surface area (Å²) in [4.78, 5) is 22.6. The van der Waals surface area contributed by atoms with Crippen LogP contribution in [0, 0.1) is 0 Å². The summed E-state index contributed by atoms with van der Waals surface area (Å²) in [5, 5.41) is 0. The van der Waals surface area contributed by atoms with Crippen molar-refractivity contribution in [3.63, 3.8) is 0 Å². The van der Waals surface area contributed by atoms with Crippen molar-refractivity contribution in [2.75, 3.05) is 12.3 Å². The van der Waals surface area contributed by atoms with E-state index in [9.17, 15) is 9.59 Å². The fourth-order valence-electron chi connectivity index (χ4n) is 1.13. The van der Waals surface area contributed by atoms with Crippen LogP contribution in [0.15, 0.2) is 24.3 Å². The summed E-state index contributed by atoms with van der Waals surface area (Å²) in [5.74, 6) is -0.765. The molecule has 17 heavy (non-hydrogen) atoms. The van der Waals surface area contributed by atoms with Crippen molar-refractivity contribution in [2.45, 2.75) is 19.8 Å². The molecule has 1 aromatic carbocycles.